The second kappa shape index (κ2) is 10.4. The Morgan fingerprint density at radius 2 is 1.93 bits per heavy atom. The Balaban J connectivity index is 1.27. The van der Waals surface area contributed by atoms with Crippen LogP contribution in [0.5, 0.6) is 11.5 Å². The smallest absolute Gasteiger partial charge is 0.251 e. The number of carbonyl (C=O) groups excluding carboxylic acids is 2. The number of nitrogens with two attached hydrogens (primary N) is 1. The summed E-state index contributed by atoms with van der Waals surface area (Å²) in [6.45, 7) is 1.23. The number of aliphatic hydroxyl groups is 1. The van der Waals surface area contributed by atoms with Gasteiger partial charge in [0.15, 0.2) is 11.6 Å². The molecular formula is C32H30ClF2N5O5. The molecule has 2 fully saturated rings. The van der Waals surface area contributed by atoms with Crippen LogP contribution in [0.4, 0.5) is 8.78 Å². The zero-order valence-electron chi connectivity index (χ0n) is 24.5. The number of pyridine rings is 1. The van der Waals surface area contributed by atoms with E-state index in [0.29, 0.717) is 41.3 Å². The van der Waals surface area contributed by atoms with E-state index >= 15 is 0 Å². The van der Waals surface area contributed by atoms with Gasteiger partial charge in [0, 0.05) is 28.3 Å². The molecule has 3 heterocycles. The summed E-state index contributed by atoms with van der Waals surface area (Å²) in [7, 11) is 1.51. The summed E-state index contributed by atoms with van der Waals surface area (Å²) in [5.74, 6) is -3.15. The molecular weight excluding hydrogens is 608 g/mol. The van der Waals surface area contributed by atoms with Crippen molar-refractivity contribution in [3.63, 3.8) is 0 Å². The fraction of sp³-hybridized carbons (Fsp3) is 0.375. The van der Waals surface area contributed by atoms with Gasteiger partial charge in [-0.25, -0.2) is 13.8 Å². The van der Waals surface area contributed by atoms with Gasteiger partial charge in [0.1, 0.15) is 40.3 Å². The molecule has 4 N–H and O–H groups in total. The minimum absolute atomic E-state index is 0.0108. The second-order valence-corrected chi connectivity index (χ2v) is 12.7. The first-order valence-electron chi connectivity index (χ1n) is 14.6. The summed E-state index contributed by atoms with van der Waals surface area (Å²) in [6.07, 6.45) is 5.29. The van der Waals surface area contributed by atoms with Gasteiger partial charge in [0.2, 0.25) is 5.91 Å². The van der Waals surface area contributed by atoms with Crippen molar-refractivity contribution in [2.45, 2.75) is 49.7 Å². The summed E-state index contributed by atoms with van der Waals surface area (Å²) in [6, 6.07) is 6.92. The van der Waals surface area contributed by atoms with Gasteiger partial charge in [-0.05, 0) is 68.9 Å². The van der Waals surface area contributed by atoms with Crippen molar-refractivity contribution < 1.29 is 33.0 Å². The average Bonchev–Trinajstić information content (AvgIpc) is 3.96. The normalized spacial score (nSPS) is 20.4. The van der Waals surface area contributed by atoms with Crippen LogP contribution < -0.4 is 20.5 Å². The second-order valence-electron chi connectivity index (χ2n) is 12.3. The molecule has 0 unspecified atom stereocenters. The largest absolute Gasteiger partial charge is 0.494 e. The highest BCUT2D eigenvalue weighted by atomic mass is 35.5. The van der Waals surface area contributed by atoms with Crippen molar-refractivity contribution in [2.75, 3.05) is 20.3 Å². The zero-order chi connectivity index (χ0) is 31.8. The van der Waals surface area contributed by atoms with Crippen LogP contribution >= 0.6 is 11.6 Å². The maximum absolute atomic E-state index is 14.4. The minimum Gasteiger partial charge on any atom is -0.494 e. The van der Waals surface area contributed by atoms with Crippen LogP contribution in [0.3, 0.4) is 0 Å². The highest BCUT2D eigenvalue weighted by molar-refractivity contribution is 6.33. The Kier molecular flexibility index (Phi) is 6.79. The Morgan fingerprint density at radius 3 is 2.60 bits per heavy atom. The van der Waals surface area contributed by atoms with E-state index < -0.39 is 34.5 Å². The fourth-order valence-electron chi connectivity index (χ4n) is 5.95. The van der Waals surface area contributed by atoms with E-state index in [1.54, 1.807) is 19.1 Å². The Morgan fingerprint density at radius 1 is 1.20 bits per heavy atom. The molecule has 2 aromatic heterocycles. The first kappa shape index (κ1) is 29.4. The summed E-state index contributed by atoms with van der Waals surface area (Å²) in [4.78, 5) is 30.8. The highest BCUT2D eigenvalue weighted by Gasteiger charge is 2.50. The number of aromatic nitrogens is 3. The van der Waals surface area contributed by atoms with Crippen LogP contribution in [0.25, 0.3) is 22.2 Å². The molecule has 2 amide bonds. The monoisotopic (exact) mass is 637 g/mol. The number of hydrogen-bond acceptors (Lipinski definition) is 7. The van der Waals surface area contributed by atoms with Crippen molar-refractivity contribution in [3.05, 3.63) is 70.0 Å². The van der Waals surface area contributed by atoms with Gasteiger partial charge in [-0.1, -0.05) is 11.6 Å². The lowest BCUT2D eigenvalue weighted by atomic mass is 9.81. The van der Waals surface area contributed by atoms with Gasteiger partial charge < -0.3 is 25.6 Å². The van der Waals surface area contributed by atoms with E-state index in [4.69, 9.17) is 26.8 Å². The first-order chi connectivity index (χ1) is 21.4. The van der Waals surface area contributed by atoms with E-state index in [1.807, 2.05) is 10.9 Å². The highest BCUT2D eigenvalue weighted by Crippen LogP contribution is 2.50. The summed E-state index contributed by atoms with van der Waals surface area (Å²) in [5.41, 5.74) is 4.20. The predicted octanol–water partition coefficient (Wildman–Crippen LogP) is 4.54. The van der Waals surface area contributed by atoms with E-state index in [0.717, 1.165) is 30.4 Å². The Labute approximate surface area is 261 Å². The van der Waals surface area contributed by atoms with Crippen LogP contribution in [0, 0.1) is 17.6 Å². The molecule has 0 saturated heterocycles. The number of hydrogen-bond donors (Lipinski definition) is 3. The van der Waals surface area contributed by atoms with Gasteiger partial charge in [-0.2, -0.15) is 5.10 Å². The molecule has 0 bridgehead atoms. The van der Waals surface area contributed by atoms with E-state index in [1.165, 1.54) is 13.2 Å². The number of carbonyl (C=O) groups is 2. The Bertz CT molecular complexity index is 1910. The lowest BCUT2D eigenvalue weighted by Crippen LogP contribution is -2.44. The van der Waals surface area contributed by atoms with Crippen LogP contribution in [0.15, 0.2) is 36.5 Å². The third-order valence-corrected chi connectivity index (χ3v) is 9.40. The molecule has 3 aliphatic rings. The molecule has 2 aromatic carbocycles. The number of rotatable bonds is 9. The lowest BCUT2D eigenvalue weighted by Gasteiger charge is -2.30. The topological polar surface area (TPSA) is 142 Å². The molecule has 234 valence electrons. The number of nitrogens with one attached hydrogen (secondary N) is 1. The molecule has 2 aliphatic carbocycles. The number of halogens is 3. The van der Waals surface area contributed by atoms with Crippen molar-refractivity contribution in [2.24, 2.45) is 11.7 Å². The molecule has 4 aromatic rings. The number of primary amides is 1. The molecule has 1 aliphatic heterocycles. The zero-order valence-corrected chi connectivity index (χ0v) is 25.3. The maximum atomic E-state index is 14.4. The summed E-state index contributed by atoms with van der Waals surface area (Å²) in [5, 5.41) is 20.3. The maximum Gasteiger partial charge on any atom is 0.251 e. The standard InChI is InChI=1S/C32H30ClF2N5O5/c1-31(30(36)42)14-45-28-20(31)10-25(38-27(28)19-9-22(34)23(35)11-21(19)33)32(43,17-3-4-17)13-37-29(41)15-7-16-12-40(18-5-6-18)39-26(16)24(8-15)44-2/h7-12,17-18,43H,3-6,13-14H2,1-2H3,(H2,36,42)(H,37,41)/t31-,32+/m0/s1. The van der Waals surface area contributed by atoms with Crippen LogP contribution in [-0.2, 0) is 15.8 Å². The van der Waals surface area contributed by atoms with Gasteiger partial charge in [0.25, 0.3) is 5.91 Å². The number of fused-ring (bicyclic) bond motifs is 2. The molecule has 2 atom stereocenters. The number of methoxy groups -OCH3 is 1. The van der Waals surface area contributed by atoms with Crippen molar-refractivity contribution >= 4 is 34.3 Å². The molecule has 0 spiro atoms. The van der Waals surface area contributed by atoms with Gasteiger partial charge in [-0.15, -0.1) is 0 Å². The van der Waals surface area contributed by atoms with Crippen LogP contribution in [0.2, 0.25) is 5.02 Å². The predicted molar refractivity (Wildman–Crippen MR) is 160 cm³/mol. The lowest BCUT2D eigenvalue weighted by molar-refractivity contribution is -0.123. The number of amides is 2. The van der Waals surface area contributed by atoms with Crippen molar-refractivity contribution in [1.82, 2.24) is 20.1 Å². The molecule has 13 heteroatoms. The van der Waals surface area contributed by atoms with Crippen LogP contribution in [-0.4, -0.2) is 51.9 Å². The van der Waals surface area contributed by atoms with E-state index in [-0.39, 0.29) is 46.8 Å². The summed E-state index contributed by atoms with van der Waals surface area (Å²) >= 11 is 6.34. The van der Waals surface area contributed by atoms with E-state index in [9.17, 15) is 23.5 Å². The van der Waals surface area contributed by atoms with Gasteiger partial charge >= 0.3 is 0 Å². The molecule has 10 nitrogen and oxygen atoms in total. The molecule has 7 rings (SSSR count). The van der Waals surface area contributed by atoms with Crippen molar-refractivity contribution in [1.29, 1.82) is 0 Å². The SMILES string of the molecule is COc1cc(C(=O)NC[C@](O)(c2cc3c(c(-c4cc(F)c(F)cc4Cl)n2)OC[C@]3(C)C(N)=O)C2CC2)cc2cn(C3CC3)nc12. The van der Waals surface area contributed by atoms with Crippen molar-refractivity contribution in [3.8, 4) is 22.8 Å². The van der Waals surface area contributed by atoms with Gasteiger partial charge in [-0.3, -0.25) is 14.3 Å². The van der Waals surface area contributed by atoms with Gasteiger partial charge in [0.05, 0.1) is 30.4 Å². The quantitative estimate of drug-likeness (QED) is 0.229. The Hall–Kier alpha value is -4.29. The third-order valence-electron chi connectivity index (χ3n) is 9.09. The molecule has 45 heavy (non-hydrogen) atoms. The number of ether oxygens (including phenoxy) is 2. The molecule has 0 radical (unpaired) electrons. The first-order valence-corrected chi connectivity index (χ1v) is 15.0. The summed E-state index contributed by atoms with van der Waals surface area (Å²) < 4.78 is 41.7. The minimum atomic E-state index is -1.70. The van der Waals surface area contributed by atoms with E-state index in [2.05, 4.69) is 15.4 Å². The fourth-order valence-corrected chi connectivity index (χ4v) is 6.19. The number of benzene rings is 2. The third kappa shape index (κ3) is 4.87. The average molecular weight is 638 g/mol. The van der Waals surface area contributed by atoms with Crippen LogP contribution in [0.1, 0.15) is 60.3 Å². The molecule has 2 saturated carbocycles. The number of nitrogens with zero attached hydrogens (tertiary/aromatic N) is 3.